The highest BCUT2D eigenvalue weighted by Gasteiger charge is 2.10. The summed E-state index contributed by atoms with van der Waals surface area (Å²) in [7, 11) is 0. The number of rotatable bonds is 9. The molecule has 0 bridgehead atoms. The van der Waals surface area contributed by atoms with E-state index >= 15 is 0 Å². The molecule has 0 aliphatic rings. The Morgan fingerprint density at radius 3 is 2.63 bits per heavy atom. The van der Waals surface area contributed by atoms with Gasteiger partial charge >= 0.3 is 0 Å². The molecule has 0 aliphatic carbocycles. The highest BCUT2D eigenvalue weighted by Crippen LogP contribution is 2.30. The molecule has 6 nitrogen and oxygen atoms in total. The third-order valence-corrected chi connectivity index (χ3v) is 6.09. The zero-order chi connectivity index (χ0) is 20.8. The van der Waals surface area contributed by atoms with Gasteiger partial charge in [-0.2, -0.15) is 0 Å². The fraction of sp³-hybridized carbons (Fsp3) is 0.227. The number of nitrogens with zero attached hydrogens (tertiary/aromatic N) is 3. The van der Waals surface area contributed by atoms with Crippen molar-refractivity contribution < 1.29 is 9.84 Å². The average molecular weight is 439 g/mol. The molecule has 0 amide bonds. The minimum Gasteiger partial charge on any atom is -0.492 e. The topological polar surface area (TPSA) is 80.2 Å². The molecule has 0 radical (unpaired) electrons. The fourth-order valence-electron chi connectivity index (χ4n) is 2.88. The maximum atomic E-state index is 10.1. The Balaban J connectivity index is 1.24. The van der Waals surface area contributed by atoms with Gasteiger partial charge in [-0.25, -0.2) is 9.97 Å². The third-order valence-electron chi connectivity index (χ3n) is 4.45. The minimum atomic E-state index is -0.575. The van der Waals surface area contributed by atoms with Crippen LogP contribution in [0.1, 0.15) is 16.7 Å². The van der Waals surface area contributed by atoms with Crippen molar-refractivity contribution in [2.75, 3.05) is 19.7 Å². The molecule has 1 atom stereocenters. The van der Waals surface area contributed by atoms with Gasteiger partial charge in [-0.05, 0) is 37.3 Å². The number of aliphatic hydroxyl groups excluding tert-OH is 1. The van der Waals surface area contributed by atoms with E-state index in [1.54, 1.807) is 35.1 Å². The normalized spacial score (nSPS) is 12.1. The van der Waals surface area contributed by atoms with Gasteiger partial charge < -0.3 is 15.2 Å². The van der Waals surface area contributed by atoms with Crippen LogP contribution in [0, 0.1) is 6.92 Å². The number of hydrogen-bond acceptors (Lipinski definition) is 8. The summed E-state index contributed by atoms with van der Waals surface area (Å²) in [4.78, 5) is 13.2. The van der Waals surface area contributed by atoms with E-state index in [4.69, 9.17) is 9.72 Å². The summed E-state index contributed by atoms with van der Waals surface area (Å²) in [6.45, 7) is 3.61. The van der Waals surface area contributed by atoms with Crippen molar-refractivity contribution in [2.45, 2.75) is 13.0 Å². The van der Waals surface area contributed by atoms with Crippen molar-refractivity contribution in [2.24, 2.45) is 0 Å². The Bertz CT molecular complexity index is 1060. The zero-order valence-corrected chi connectivity index (χ0v) is 18.1. The van der Waals surface area contributed by atoms with Gasteiger partial charge in [-0.1, -0.05) is 6.07 Å². The first kappa shape index (κ1) is 20.6. The largest absolute Gasteiger partial charge is 0.492 e. The maximum Gasteiger partial charge on any atom is 0.143 e. The van der Waals surface area contributed by atoms with Gasteiger partial charge in [0.25, 0.3) is 0 Å². The molecule has 4 aromatic rings. The molecule has 0 aliphatic heterocycles. The molecule has 0 saturated carbocycles. The molecule has 2 N–H and O–H groups in total. The molecule has 1 aromatic carbocycles. The second-order valence-corrected chi connectivity index (χ2v) is 8.59. The van der Waals surface area contributed by atoms with Gasteiger partial charge in [0, 0.05) is 47.4 Å². The van der Waals surface area contributed by atoms with Crippen LogP contribution in [0.25, 0.3) is 22.0 Å². The van der Waals surface area contributed by atoms with E-state index in [0.717, 1.165) is 38.3 Å². The highest BCUT2D eigenvalue weighted by atomic mass is 32.1. The molecular formula is C22H22N4O2S2. The van der Waals surface area contributed by atoms with Crippen LogP contribution in [-0.2, 0) is 0 Å². The monoisotopic (exact) mass is 438 g/mol. The predicted molar refractivity (Wildman–Crippen MR) is 121 cm³/mol. The van der Waals surface area contributed by atoms with Gasteiger partial charge in [0.1, 0.15) is 23.1 Å². The number of thiazole rings is 2. The quantitative estimate of drug-likeness (QED) is 0.379. The summed E-state index contributed by atoms with van der Waals surface area (Å²) >= 11 is 3.24. The standard InChI is InChI=1S/C22H22N4O2S2/c1-15-25-20(14-29-15)22-26-19(13-30-22)16-4-6-18(7-5-16)28-10-9-24-12-21(27)17-3-2-8-23-11-17/h2-8,11,13-14,21,24,27H,9-10,12H2,1H3/t21-/m0/s1. The van der Waals surface area contributed by atoms with Crippen molar-refractivity contribution in [3.8, 4) is 27.7 Å². The third kappa shape index (κ3) is 5.28. The molecule has 0 spiro atoms. The van der Waals surface area contributed by atoms with Gasteiger partial charge in [0.05, 0.1) is 16.8 Å². The summed E-state index contributed by atoms with van der Waals surface area (Å²) in [6.07, 6.45) is 2.79. The number of hydrogen-bond donors (Lipinski definition) is 2. The smallest absolute Gasteiger partial charge is 0.143 e. The first-order chi connectivity index (χ1) is 14.7. The molecule has 3 aromatic heterocycles. The van der Waals surface area contributed by atoms with E-state index < -0.39 is 6.10 Å². The van der Waals surface area contributed by atoms with E-state index in [9.17, 15) is 5.11 Å². The lowest BCUT2D eigenvalue weighted by atomic mass is 10.1. The molecule has 4 rings (SSSR count). The van der Waals surface area contributed by atoms with Gasteiger partial charge in [-0.15, -0.1) is 22.7 Å². The van der Waals surface area contributed by atoms with E-state index in [1.807, 2.05) is 48.7 Å². The van der Waals surface area contributed by atoms with Crippen LogP contribution in [0.2, 0.25) is 0 Å². The van der Waals surface area contributed by atoms with Crippen LogP contribution < -0.4 is 10.1 Å². The average Bonchev–Trinajstić information content (AvgIpc) is 3.44. The minimum absolute atomic E-state index is 0.457. The Morgan fingerprint density at radius 2 is 1.90 bits per heavy atom. The Labute approximate surface area is 183 Å². The number of nitrogens with one attached hydrogen (secondary N) is 1. The van der Waals surface area contributed by atoms with Crippen molar-refractivity contribution in [1.82, 2.24) is 20.3 Å². The van der Waals surface area contributed by atoms with Crippen molar-refractivity contribution in [3.63, 3.8) is 0 Å². The number of aromatic nitrogens is 3. The van der Waals surface area contributed by atoms with E-state index in [-0.39, 0.29) is 0 Å². The number of aliphatic hydroxyl groups is 1. The van der Waals surface area contributed by atoms with Gasteiger partial charge in [-0.3, -0.25) is 4.98 Å². The van der Waals surface area contributed by atoms with Crippen molar-refractivity contribution in [1.29, 1.82) is 0 Å². The van der Waals surface area contributed by atoms with Gasteiger partial charge in [0.15, 0.2) is 0 Å². The van der Waals surface area contributed by atoms with Crippen LogP contribution in [0.3, 0.4) is 0 Å². The van der Waals surface area contributed by atoms with Gasteiger partial charge in [0.2, 0.25) is 0 Å². The van der Waals surface area contributed by atoms with E-state index in [2.05, 4.69) is 20.7 Å². The van der Waals surface area contributed by atoms with Crippen molar-refractivity contribution in [3.05, 3.63) is 70.1 Å². The predicted octanol–water partition coefficient (Wildman–Crippen LogP) is 4.34. The maximum absolute atomic E-state index is 10.1. The Morgan fingerprint density at radius 1 is 1.07 bits per heavy atom. The lowest BCUT2D eigenvalue weighted by Gasteiger charge is -2.12. The molecule has 3 heterocycles. The first-order valence-corrected chi connectivity index (χ1v) is 11.3. The number of aryl methyl sites for hydroxylation is 1. The van der Waals surface area contributed by atoms with Crippen LogP contribution in [0.4, 0.5) is 0 Å². The molecule has 30 heavy (non-hydrogen) atoms. The first-order valence-electron chi connectivity index (χ1n) is 9.59. The summed E-state index contributed by atoms with van der Waals surface area (Å²) in [5.41, 5.74) is 3.74. The van der Waals surface area contributed by atoms with Crippen LogP contribution >= 0.6 is 22.7 Å². The van der Waals surface area contributed by atoms with Crippen LogP contribution in [0.15, 0.2) is 59.6 Å². The summed E-state index contributed by atoms with van der Waals surface area (Å²) in [5.74, 6) is 0.805. The van der Waals surface area contributed by atoms with Crippen molar-refractivity contribution >= 4 is 22.7 Å². The second-order valence-electron chi connectivity index (χ2n) is 6.67. The number of benzene rings is 1. The Hall–Kier alpha value is -2.65. The molecule has 0 fully saturated rings. The SMILES string of the molecule is Cc1nc(-c2nc(-c3ccc(OCCNC[C@H](O)c4cccnc4)cc3)cs2)cs1. The van der Waals surface area contributed by atoms with E-state index in [0.29, 0.717) is 19.7 Å². The summed E-state index contributed by atoms with van der Waals surface area (Å²) in [5, 5.41) is 19.4. The number of ether oxygens (including phenoxy) is 1. The number of pyridine rings is 1. The second kappa shape index (κ2) is 9.90. The molecule has 8 heteroatoms. The lowest BCUT2D eigenvalue weighted by molar-refractivity contribution is 0.171. The fourth-order valence-corrected chi connectivity index (χ4v) is 4.34. The summed E-state index contributed by atoms with van der Waals surface area (Å²) < 4.78 is 5.78. The Kier molecular flexibility index (Phi) is 6.81. The lowest BCUT2D eigenvalue weighted by Crippen LogP contribution is -2.26. The molecule has 0 unspecified atom stereocenters. The van der Waals surface area contributed by atoms with Crippen LogP contribution in [-0.4, -0.2) is 39.8 Å². The highest BCUT2D eigenvalue weighted by molar-refractivity contribution is 7.14. The zero-order valence-electron chi connectivity index (χ0n) is 16.5. The molecule has 154 valence electrons. The van der Waals surface area contributed by atoms with Crippen LogP contribution in [0.5, 0.6) is 5.75 Å². The molecular weight excluding hydrogens is 416 g/mol. The summed E-state index contributed by atoms with van der Waals surface area (Å²) in [6, 6.07) is 11.6. The molecule has 0 saturated heterocycles. The van der Waals surface area contributed by atoms with E-state index in [1.165, 1.54) is 0 Å².